The lowest BCUT2D eigenvalue weighted by molar-refractivity contribution is 0.157. The topological polar surface area (TPSA) is 0 Å². The molecule has 1 aromatic rings. The third-order valence-corrected chi connectivity index (χ3v) is 13.9. The van der Waals surface area contributed by atoms with Gasteiger partial charge in [-0.2, -0.15) is 0 Å². The Labute approximate surface area is 137 Å². The van der Waals surface area contributed by atoms with Gasteiger partial charge >= 0.3 is 0 Å². The van der Waals surface area contributed by atoms with Gasteiger partial charge in [0.2, 0.25) is 0 Å². The molecule has 124 valence electrons. The highest BCUT2D eigenvalue weighted by Crippen LogP contribution is 2.68. The van der Waals surface area contributed by atoms with Crippen LogP contribution in [0.25, 0.3) is 0 Å². The van der Waals surface area contributed by atoms with Gasteiger partial charge in [-0.15, -0.1) is 0 Å². The molecule has 0 saturated heterocycles. The van der Waals surface area contributed by atoms with E-state index in [4.69, 9.17) is 0 Å². The zero-order chi connectivity index (χ0) is 17.0. The highest BCUT2D eigenvalue weighted by Gasteiger charge is 2.65. The van der Waals surface area contributed by atoms with Gasteiger partial charge in [0.25, 0.3) is 0 Å². The van der Waals surface area contributed by atoms with Gasteiger partial charge in [-0.1, -0.05) is 76.7 Å². The van der Waals surface area contributed by atoms with E-state index >= 15 is 0 Å². The second kappa shape index (κ2) is 5.19. The number of alkyl halides is 1. The molecule has 0 nitrogen and oxygen atoms in total. The van der Waals surface area contributed by atoms with Gasteiger partial charge in [0.1, 0.15) is 5.67 Å². The number of benzene rings is 1. The fourth-order valence-corrected chi connectivity index (χ4v) is 9.85. The van der Waals surface area contributed by atoms with E-state index in [0.717, 1.165) is 6.42 Å². The standard InChI is InChI=1S/C20H33FSi/c1-15(20(7)14-17(20)19(5,6)21)22(8,18(2,3)4)16-12-10-9-11-13-16/h9-13,15,17H,14H2,1-8H3. The lowest BCUT2D eigenvalue weighted by Gasteiger charge is -2.48. The highest BCUT2D eigenvalue weighted by atomic mass is 28.3. The summed E-state index contributed by atoms with van der Waals surface area (Å²) >= 11 is 0. The van der Waals surface area contributed by atoms with Crippen LogP contribution in [0.5, 0.6) is 0 Å². The SMILES string of the molecule is CC(C1(C)CC1C(C)(C)F)[Si](C)(c1ccccc1)C(C)(C)C. The Bertz CT molecular complexity index is 525. The maximum absolute atomic E-state index is 14.5. The molecular formula is C20H33FSi. The quantitative estimate of drug-likeness (QED) is 0.603. The molecule has 0 bridgehead atoms. The smallest absolute Gasteiger partial charge is 0.108 e. The molecule has 22 heavy (non-hydrogen) atoms. The molecule has 1 aromatic carbocycles. The second-order valence-corrected chi connectivity index (χ2v) is 14.7. The van der Waals surface area contributed by atoms with Crippen molar-refractivity contribution in [2.45, 2.75) is 77.7 Å². The first-order chi connectivity index (χ1) is 9.85. The molecule has 0 N–H and O–H groups in total. The second-order valence-electron chi connectivity index (χ2n) is 9.37. The molecular weight excluding hydrogens is 287 g/mol. The van der Waals surface area contributed by atoms with E-state index in [9.17, 15) is 4.39 Å². The number of hydrogen-bond acceptors (Lipinski definition) is 0. The van der Waals surface area contributed by atoms with Crippen molar-refractivity contribution >= 4 is 13.3 Å². The summed E-state index contributed by atoms with van der Waals surface area (Å²) in [4.78, 5) is 0. The molecule has 0 radical (unpaired) electrons. The van der Waals surface area contributed by atoms with Crippen LogP contribution in [-0.4, -0.2) is 13.7 Å². The first-order valence-electron chi connectivity index (χ1n) is 8.59. The van der Waals surface area contributed by atoms with Crippen molar-refractivity contribution in [1.29, 1.82) is 0 Å². The Hall–Kier alpha value is -0.633. The van der Waals surface area contributed by atoms with Crippen LogP contribution in [-0.2, 0) is 0 Å². The van der Waals surface area contributed by atoms with Crippen LogP contribution in [0.15, 0.2) is 30.3 Å². The Balaban J connectivity index is 2.45. The van der Waals surface area contributed by atoms with Crippen molar-refractivity contribution < 1.29 is 4.39 Å². The summed E-state index contributed by atoms with van der Waals surface area (Å²) in [6.45, 7) is 17.9. The van der Waals surface area contributed by atoms with Gasteiger partial charge in [-0.05, 0) is 42.2 Å². The predicted octanol–water partition coefficient (Wildman–Crippen LogP) is 5.94. The van der Waals surface area contributed by atoms with Crippen LogP contribution >= 0.6 is 0 Å². The van der Waals surface area contributed by atoms with Crippen LogP contribution in [0.3, 0.4) is 0 Å². The van der Waals surface area contributed by atoms with E-state index in [0.29, 0.717) is 5.54 Å². The maximum atomic E-state index is 14.5. The molecule has 2 heteroatoms. The molecule has 2 rings (SSSR count). The van der Waals surface area contributed by atoms with Crippen LogP contribution in [0.4, 0.5) is 4.39 Å². The highest BCUT2D eigenvalue weighted by molar-refractivity contribution is 6.94. The van der Waals surface area contributed by atoms with E-state index in [1.54, 1.807) is 13.8 Å². The van der Waals surface area contributed by atoms with E-state index < -0.39 is 13.7 Å². The Kier molecular flexibility index (Phi) is 4.18. The minimum atomic E-state index is -1.79. The van der Waals surface area contributed by atoms with Crippen molar-refractivity contribution in [3.8, 4) is 0 Å². The first kappa shape index (κ1) is 17.7. The molecule has 1 fully saturated rings. The molecule has 1 aliphatic rings. The third-order valence-electron chi connectivity index (χ3n) is 6.90. The van der Waals surface area contributed by atoms with E-state index in [1.165, 1.54) is 5.19 Å². The van der Waals surface area contributed by atoms with Crippen molar-refractivity contribution in [1.82, 2.24) is 0 Å². The first-order valence-corrected chi connectivity index (χ1v) is 11.2. The number of halogens is 1. The maximum Gasteiger partial charge on any atom is 0.108 e. The molecule has 0 spiro atoms. The van der Waals surface area contributed by atoms with E-state index in [-0.39, 0.29) is 16.4 Å². The fraction of sp³-hybridized carbons (Fsp3) is 0.700. The van der Waals surface area contributed by atoms with Crippen molar-refractivity contribution in [3.63, 3.8) is 0 Å². The van der Waals surface area contributed by atoms with Crippen LogP contribution < -0.4 is 5.19 Å². The summed E-state index contributed by atoms with van der Waals surface area (Å²) in [6.07, 6.45) is 1.03. The summed E-state index contributed by atoms with van der Waals surface area (Å²) in [5.41, 5.74) is -0.364. The minimum Gasteiger partial charge on any atom is -0.244 e. The molecule has 0 aromatic heterocycles. The average Bonchev–Trinajstić information content (AvgIpc) is 3.11. The van der Waals surface area contributed by atoms with Crippen LogP contribution in [0, 0.1) is 11.3 Å². The van der Waals surface area contributed by atoms with Gasteiger partial charge in [0, 0.05) is 0 Å². The van der Waals surface area contributed by atoms with Crippen molar-refractivity contribution in [2.24, 2.45) is 11.3 Å². The molecule has 4 unspecified atom stereocenters. The minimum absolute atomic E-state index is 0.141. The average molecular weight is 321 g/mol. The summed E-state index contributed by atoms with van der Waals surface area (Å²) in [5, 5.41) is 1.77. The summed E-state index contributed by atoms with van der Waals surface area (Å²) in [6, 6.07) is 11.0. The molecule has 1 aliphatic carbocycles. The number of hydrogen-bond donors (Lipinski definition) is 0. The third kappa shape index (κ3) is 2.68. The normalized spacial score (nSPS) is 29.8. The summed E-state index contributed by atoms with van der Waals surface area (Å²) in [5.74, 6) is 0.202. The van der Waals surface area contributed by atoms with Crippen LogP contribution in [0.1, 0.15) is 54.9 Å². The van der Waals surface area contributed by atoms with E-state index in [1.807, 2.05) is 0 Å². The summed E-state index contributed by atoms with van der Waals surface area (Å²) < 4.78 is 14.5. The zero-order valence-electron chi connectivity index (χ0n) is 15.6. The molecule has 0 heterocycles. The largest absolute Gasteiger partial charge is 0.244 e. The zero-order valence-corrected chi connectivity index (χ0v) is 16.6. The van der Waals surface area contributed by atoms with Crippen molar-refractivity contribution in [2.75, 3.05) is 0 Å². The summed E-state index contributed by atoms with van der Waals surface area (Å²) in [7, 11) is -1.79. The predicted molar refractivity (Wildman–Crippen MR) is 98.2 cm³/mol. The van der Waals surface area contributed by atoms with Crippen LogP contribution in [0.2, 0.25) is 17.1 Å². The Morgan fingerprint density at radius 3 is 2.00 bits per heavy atom. The molecule has 0 amide bonds. The van der Waals surface area contributed by atoms with Gasteiger partial charge in [0.15, 0.2) is 0 Å². The van der Waals surface area contributed by atoms with E-state index in [2.05, 4.69) is 71.5 Å². The molecule has 4 atom stereocenters. The van der Waals surface area contributed by atoms with Gasteiger partial charge in [0.05, 0.1) is 8.07 Å². The fourth-order valence-electron chi connectivity index (χ4n) is 4.66. The van der Waals surface area contributed by atoms with Gasteiger partial charge in [-0.3, -0.25) is 0 Å². The van der Waals surface area contributed by atoms with Gasteiger partial charge in [-0.25, -0.2) is 4.39 Å². The molecule has 0 aliphatic heterocycles. The lowest BCUT2D eigenvalue weighted by Crippen LogP contribution is -2.57. The Morgan fingerprint density at radius 2 is 1.64 bits per heavy atom. The number of rotatable bonds is 4. The lowest BCUT2D eigenvalue weighted by atomic mass is 9.94. The molecule has 1 saturated carbocycles. The Morgan fingerprint density at radius 1 is 1.14 bits per heavy atom. The van der Waals surface area contributed by atoms with Crippen molar-refractivity contribution in [3.05, 3.63) is 30.3 Å². The van der Waals surface area contributed by atoms with Gasteiger partial charge < -0.3 is 0 Å². The monoisotopic (exact) mass is 320 g/mol.